The maximum Gasteiger partial charge on any atom is 0.295 e. The number of nitrogens with one attached hydrogen (secondary N) is 1. The molecule has 2 aromatic carbocycles. The van der Waals surface area contributed by atoms with Crippen molar-refractivity contribution in [3.05, 3.63) is 71.6 Å². The minimum absolute atomic E-state index is 0.155. The summed E-state index contributed by atoms with van der Waals surface area (Å²) in [6.45, 7) is 4.71. The van der Waals surface area contributed by atoms with Gasteiger partial charge in [0.1, 0.15) is 17.2 Å². The Hall–Kier alpha value is -3.88. The summed E-state index contributed by atoms with van der Waals surface area (Å²) in [5, 5.41) is 3.18. The highest BCUT2D eigenvalue weighted by Gasteiger charge is 2.34. The van der Waals surface area contributed by atoms with Crippen LogP contribution in [0.25, 0.3) is 22.5 Å². The second-order valence-electron chi connectivity index (χ2n) is 8.92. The van der Waals surface area contributed by atoms with E-state index in [0.717, 1.165) is 12.8 Å². The fourth-order valence-corrected chi connectivity index (χ4v) is 4.61. The highest BCUT2D eigenvalue weighted by Crippen LogP contribution is 2.30. The summed E-state index contributed by atoms with van der Waals surface area (Å²) < 4.78 is 33.6. The third-order valence-electron chi connectivity index (χ3n) is 6.53. The molecule has 0 radical (unpaired) electrons. The number of aromatic nitrogens is 3. The van der Waals surface area contributed by atoms with E-state index in [1.807, 2.05) is 4.90 Å². The number of likely N-dealkylation sites (tertiary alicyclic amines) is 1. The number of hydrogen-bond acceptors (Lipinski definition) is 6. The zero-order valence-corrected chi connectivity index (χ0v) is 19.5. The number of benzene rings is 2. The average Bonchev–Trinajstić information content (AvgIpc) is 3.26. The van der Waals surface area contributed by atoms with Crippen LogP contribution in [0.15, 0.2) is 53.2 Å². The van der Waals surface area contributed by atoms with Crippen molar-refractivity contribution in [3.63, 3.8) is 0 Å². The molecule has 2 aromatic heterocycles. The lowest BCUT2D eigenvalue weighted by molar-refractivity contribution is 0.0540. The Kier molecular flexibility index (Phi) is 6.15. The molecule has 1 N–H and O–H groups in total. The zero-order valence-electron chi connectivity index (χ0n) is 19.5. The van der Waals surface area contributed by atoms with E-state index < -0.39 is 11.6 Å². The van der Waals surface area contributed by atoms with Gasteiger partial charge < -0.3 is 14.6 Å². The van der Waals surface area contributed by atoms with Gasteiger partial charge in [-0.25, -0.2) is 18.7 Å². The first kappa shape index (κ1) is 22.9. The van der Waals surface area contributed by atoms with Crippen LogP contribution in [0, 0.1) is 24.5 Å². The second-order valence-corrected chi connectivity index (χ2v) is 8.92. The molecule has 1 amide bonds. The number of nitrogens with zero attached hydrogens (tertiary/aromatic N) is 4. The smallest absolute Gasteiger partial charge is 0.295 e. The molecule has 1 fully saturated rings. The van der Waals surface area contributed by atoms with E-state index in [-0.39, 0.29) is 23.9 Å². The summed E-state index contributed by atoms with van der Waals surface area (Å²) >= 11 is 0. The van der Waals surface area contributed by atoms with Crippen LogP contribution in [0.5, 0.6) is 0 Å². The number of anilines is 1. The Balaban J connectivity index is 1.43. The second kappa shape index (κ2) is 9.40. The van der Waals surface area contributed by atoms with Crippen molar-refractivity contribution in [1.82, 2.24) is 19.9 Å². The molecule has 1 aliphatic rings. The third kappa shape index (κ3) is 4.58. The zero-order chi connectivity index (χ0) is 24.5. The quantitative estimate of drug-likeness (QED) is 0.424. The molecule has 1 aliphatic heterocycles. The van der Waals surface area contributed by atoms with E-state index >= 15 is 0 Å². The number of carbonyl (C=O) groups is 1. The summed E-state index contributed by atoms with van der Waals surface area (Å²) in [5.74, 6) is -0.506. The van der Waals surface area contributed by atoms with E-state index in [4.69, 9.17) is 4.42 Å². The van der Waals surface area contributed by atoms with Crippen molar-refractivity contribution in [2.45, 2.75) is 32.7 Å². The van der Waals surface area contributed by atoms with E-state index in [0.29, 0.717) is 46.7 Å². The van der Waals surface area contributed by atoms with E-state index in [2.05, 4.69) is 27.2 Å². The van der Waals surface area contributed by atoms with Crippen LogP contribution in [0.4, 0.5) is 14.8 Å². The van der Waals surface area contributed by atoms with Gasteiger partial charge in [-0.3, -0.25) is 4.79 Å². The molecule has 0 aliphatic carbocycles. The van der Waals surface area contributed by atoms with Crippen LogP contribution in [0.1, 0.15) is 35.7 Å². The highest BCUT2D eigenvalue weighted by atomic mass is 19.1. The van der Waals surface area contributed by atoms with E-state index in [9.17, 15) is 13.6 Å². The summed E-state index contributed by atoms with van der Waals surface area (Å²) in [6, 6.07) is 8.86. The first-order valence-electron chi connectivity index (χ1n) is 11.6. The van der Waals surface area contributed by atoms with Crippen LogP contribution in [-0.2, 0) is 0 Å². The lowest BCUT2D eigenvalue weighted by atomic mass is 9.89. The molecule has 2 atom stereocenters. The van der Waals surface area contributed by atoms with E-state index in [1.54, 1.807) is 37.5 Å². The van der Waals surface area contributed by atoms with Crippen molar-refractivity contribution in [1.29, 1.82) is 0 Å². The largest absolute Gasteiger partial charge is 0.423 e. The van der Waals surface area contributed by atoms with Gasteiger partial charge in [0, 0.05) is 37.1 Å². The Labute approximate surface area is 201 Å². The first-order chi connectivity index (χ1) is 16.9. The molecule has 0 saturated carbocycles. The van der Waals surface area contributed by atoms with Gasteiger partial charge in [-0.1, -0.05) is 6.92 Å². The van der Waals surface area contributed by atoms with Crippen LogP contribution in [0.3, 0.4) is 0 Å². The Morgan fingerprint density at radius 1 is 1.20 bits per heavy atom. The number of hydrogen-bond donors (Lipinski definition) is 1. The maximum atomic E-state index is 14.5. The molecule has 4 aromatic rings. The molecular weight excluding hydrogens is 452 g/mol. The number of carbonyl (C=O) groups excluding carboxylic acids is 1. The molecular formula is C26H25F2N5O2. The molecule has 9 heteroatoms. The number of amides is 1. The van der Waals surface area contributed by atoms with Crippen molar-refractivity contribution in [2.24, 2.45) is 5.92 Å². The fraction of sp³-hybridized carbons (Fsp3) is 0.308. The molecule has 7 nitrogen and oxygen atoms in total. The molecule has 5 rings (SSSR count). The number of rotatable bonds is 5. The van der Waals surface area contributed by atoms with Crippen molar-refractivity contribution in [3.8, 4) is 11.4 Å². The monoisotopic (exact) mass is 477 g/mol. The lowest BCUT2D eigenvalue weighted by Gasteiger charge is -2.40. The summed E-state index contributed by atoms with van der Waals surface area (Å²) in [7, 11) is 0. The van der Waals surface area contributed by atoms with Gasteiger partial charge in [-0.2, -0.15) is 4.98 Å². The first-order valence-corrected chi connectivity index (χ1v) is 11.6. The van der Waals surface area contributed by atoms with Crippen LogP contribution < -0.4 is 5.32 Å². The summed E-state index contributed by atoms with van der Waals surface area (Å²) in [4.78, 5) is 28.5. The lowest BCUT2D eigenvalue weighted by Crippen LogP contribution is -2.51. The Morgan fingerprint density at radius 3 is 2.80 bits per heavy atom. The minimum atomic E-state index is -0.415. The van der Waals surface area contributed by atoms with Gasteiger partial charge in [0.05, 0.1) is 11.6 Å². The highest BCUT2D eigenvalue weighted by molar-refractivity contribution is 6.00. The number of piperidine rings is 1. The fourth-order valence-electron chi connectivity index (χ4n) is 4.61. The maximum absolute atomic E-state index is 14.5. The van der Waals surface area contributed by atoms with Gasteiger partial charge >= 0.3 is 0 Å². The van der Waals surface area contributed by atoms with Gasteiger partial charge in [-0.05, 0) is 61.6 Å². The number of halogens is 2. The topological polar surface area (TPSA) is 84.2 Å². The predicted molar refractivity (Wildman–Crippen MR) is 128 cm³/mol. The SMILES string of the molecule is Cc1cc(C(=O)N2CCC[C@@H](C)[C@H]2CNc2nc3ccc(F)cc3o2)c(-c2ncccn2)cc1F. The Morgan fingerprint density at radius 2 is 2.00 bits per heavy atom. The summed E-state index contributed by atoms with van der Waals surface area (Å²) in [5.41, 5.74) is 2.02. The van der Waals surface area contributed by atoms with E-state index in [1.165, 1.54) is 18.2 Å². The van der Waals surface area contributed by atoms with Gasteiger partial charge in [0.2, 0.25) is 0 Å². The van der Waals surface area contributed by atoms with Crippen molar-refractivity contribution in [2.75, 3.05) is 18.4 Å². The Bertz CT molecular complexity index is 1380. The normalized spacial score (nSPS) is 18.1. The summed E-state index contributed by atoms with van der Waals surface area (Å²) in [6.07, 6.45) is 4.96. The standard InChI is InChI=1S/C26H25F2N5O2/c1-15-5-3-10-33(22(15)14-31-26-32-21-7-6-17(27)12-23(21)35-26)25(34)19-11-16(2)20(28)13-18(19)24-29-8-4-9-30-24/h4,6-9,11-13,15,22H,3,5,10,14H2,1-2H3,(H,31,32)/t15-,22-/m1/s1. The van der Waals surface area contributed by atoms with Crippen molar-refractivity contribution < 1.29 is 18.0 Å². The number of aryl methyl sites for hydroxylation is 1. The molecule has 35 heavy (non-hydrogen) atoms. The molecule has 0 unspecified atom stereocenters. The number of oxazole rings is 1. The van der Waals surface area contributed by atoms with Crippen LogP contribution in [-0.4, -0.2) is 44.9 Å². The molecule has 3 heterocycles. The van der Waals surface area contributed by atoms with Crippen LogP contribution in [0.2, 0.25) is 0 Å². The third-order valence-corrected chi connectivity index (χ3v) is 6.53. The minimum Gasteiger partial charge on any atom is -0.423 e. The van der Waals surface area contributed by atoms with Crippen LogP contribution >= 0.6 is 0 Å². The van der Waals surface area contributed by atoms with Gasteiger partial charge in [0.15, 0.2) is 11.4 Å². The average molecular weight is 478 g/mol. The molecule has 0 spiro atoms. The van der Waals surface area contributed by atoms with Gasteiger partial charge in [-0.15, -0.1) is 0 Å². The van der Waals surface area contributed by atoms with Gasteiger partial charge in [0.25, 0.3) is 11.9 Å². The molecule has 180 valence electrons. The molecule has 0 bridgehead atoms. The van der Waals surface area contributed by atoms with Crippen molar-refractivity contribution >= 4 is 23.0 Å². The predicted octanol–water partition coefficient (Wildman–Crippen LogP) is 5.22. The molecule has 1 saturated heterocycles. The number of fused-ring (bicyclic) bond motifs is 1.